The fraction of sp³-hybridized carbons (Fsp3) is 0.333. The van der Waals surface area contributed by atoms with Gasteiger partial charge in [0, 0.05) is 10.0 Å². The van der Waals surface area contributed by atoms with Crippen LogP contribution in [0.15, 0.2) is 16.6 Å². The van der Waals surface area contributed by atoms with E-state index in [9.17, 15) is 8.78 Å². The molecule has 0 heterocycles. The Morgan fingerprint density at radius 1 is 1.17 bits per heavy atom. The molecule has 0 saturated heterocycles. The van der Waals surface area contributed by atoms with Crippen LogP contribution in [0.1, 0.15) is 24.3 Å². The molecule has 0 spiro atoms. The van der Waals surface area contributed by atoms with Gasteiger partial charge in [-0.1, -0.05) is 15.9 Å². The third kappa shape index (κ3) is 1.38. The summed E-state index contributed by atoms with van der Waals surface area (Å²) in [4.78, 5) is 0. The van der Waals surface area contributed by atoms with Crippen molar-refractivity contribution in [3.05, 3.63) is 33.8 Å². The summed E-state index contributed by atoms with van der Waals surface area (Å²) in [7, 11) is 0. The van der Waals surface area contributed by atoms with Gasteiger partial charge in [0.25, 0.3) is 0 Å². The summed E-state index contributed by atoms with van der Waals surface area (Å²) in [5, 5.41) is 0. The minimum atomic E-state index is -0.427. The molecular weight excluding hydrogens is 226 g/mol. The maximum absolute atomic E-state index is 13.1. The highest BCUT2D eigenvalue weighted by Crippen LogP contribution is 2.43. The van der Waals surface area contributed by atoms with Crippen molar-refractivity contribution in [2.24, 2.45) is 0 Å². The van der Waals surface area contributed by atoms with Crippen molar-refractivity contribution >= 4 is 15.9 Å². The minimum absolute atomic E-state index is 0.123. The first kappa shape index (κ1) is 8.17. The maximum atomic E-state index is 13.1. The second kappa shape index (κ2) is 2.80. The molecule has 1 aliphatic rings. The summed E-state index contributed by atoms with van der Waals surface area (Å²) in [6, 6.07) is 2.63. The molecule has 1 aliphatic carbocycles. The summed E-state index contributed by atoms with van der Waals surface area (Å²) in [6.07, 6.45) is 1.82. The van der Waals surface area contributed by atoms with E-state index in [1.54, 1.807) is 0 Å². The molecule has 3 heteroatoms. The molecule has 0 bridgehead atoms. The Hall–Kier alpha value is -0.440. The van der Waals surface area contributed by atoms with Crippen LogP contribution in [0, 0.1) is 11.6 Å². The Morgan fingerprint density at radius 2 is 1.67 bits per heavy atom. The minimum Gasteiger partial charge on any atom is -0.207 e. The highest BCUT2D eigenvalue weighted by molar-refractivity contribution is 9.10. The predicted octanol–water partition coefficient (Wildman–Crippen LogP) is 3.60. The second-order valence-corrected chi connectivity index (χ2v) is 3.97. The monoisotopic (exact) mass is 232 g/mol. The fourth-order valence-electron chi connectivity index (χ4n) is 1.32. The van der Waals surface area contributed by atoms with Crippen LogP contribution in [0.4, 0.5) is 8.78 Å². The molecule has 12 heavy (non-hydrogen) atoms. The Kier molecular flexibility index (Phi) is 1.91. The zero-order chi connectivity index (χ0) is 8.72. The molecule has 0 aromatic heterocycles. The van der Waals surface area contributed by atoms with Crippen LogP contribution in [0.25, 0.3) is 0 Å². The molecule has 0 nitrogen and oxygen atoms in total. The molecule has 0 N–H and O–H groups in total. The smallest absolute Gasteiger partial charge is 0.130 e. The van der Waals surface area contributed by atoms with E-state index < -0.39 is 11.6 Å². The summed E-state index contributed by atoms with van der Waals surface area (Å²) < 4.78 is 26.7. The van der Waals surface area contributed by atoms with E-state index in [2.05, 4.69) is 15.9 Å². The zero-order valence-corrected chi connectivity index (χ0v) is 7.87. The van der Waals surface area contributed by atoms with Gasteiger partial charge < -0.3 is 0 Å². The van der Waals surface area contributed by atoms with Gasteiger partial charge in [-0.15, -0.1) is 0 Å². The molecule has 0 unspecified atom stereocenters. The van der Waals surface area contributed by atoms with E-state index in [1.165, 1.54) is 12.1 Å². The molecule has 1 saturated carbocycles. The van der Waals surface area contributed by atoms with Gasteiger partial charge >= 0.3 is 0 Å². The third-order valence-corrected chi connectivity index (χ3v) is 2.49. The largest absolute Gasteiger partial charge is 0.207 e. The molecule has 1 aromatic rings. The summed E-state index contributed by atoms with van der Waals surface area (Å²) in [5.74, 6) is -0.730. The van der Waals surface area contributed by atoms with E-state index in [1.807, 2.05) is 0 Å². The molecule has 0 radical (unpaired) electrons. The molecule has 64 valence electrons. The SMILES string of the molecule is Fc1cc(Br)cc(F)c1C1CC1. The van der Waals surface area contributed by atoms with Gasteiger partial charge in [0.15, 0.2) is 0 Å². The Morgan fingerprint density at radius 3 is 2.08 bits per heavy atom. The van der Waals surface area contributed by atoms with E-state index in [-0.39, 0.29) is 11.5 Å². The molecular formula is C9H7BrF2. The average Bonchev–Trinajstić information content (AvgIpc) is 2.68. The lowest BCUT2D eigenvalue weighted by Crippen LogP contribution is -1.92. The van der Waals surface area contributed by atoms with E-state index in [4.69, 9.17) is 0 Å². The van der Waals surface area contributed by atoms with Crippen LogP contribution < -0.4 is 0 Å². The molecule has 1 aromatic carbocycles. The first-order valence-electron chi connectivity index (χ1n) is 3.83. The van der Waals surface area contributed by atoms with Crippen LogP contribution >= 0.6 is 15.9 Å². The van der Waals surface area contributed by atoms with Crippen molar-refractivity contribution in [3.63, 3.8) is 0 Å². The van der Waals surface area contributed by atoms with Gasteiger partial charge in [0.05, 0.1) is 0 Å². The molecule has 1 fully saturated rings. The van der Waals surface area contributed by atoms with E-state index >= 15 is 0 Å². The highest BCUT2D eigenvalue weighted by Gasteiger charge is 2.29. The summed E-state index contributed by atoms with van der Waals surface area (Å²) in [5.41, 5.74) is 0.262. The quantitative estimate of drug-likeness (QED) is 0.695. The Bertz CT molecular complexity index is 295. The van der Waals surface area contributed by atoms with Gasteiger partial charge in [-0.3, -0.25) is 0 Å². The van der Waals surface area contributed by atoms with Crippen molar-refractivity contribution in [1.82, 2.24) is 0 Å². The first-order valence-corrected chi connectivity index (χ1v) is 4.62. The predicted molar refractivity (Wildman–Crippen MR) is 46.0 cm³/mol. The highest BCUT2D eigenvalue weighted by atomic mass is 79.9. The maximum Gasteiger partial charge on any atom is 0.130 e. The van der Waals surface area contributed by atoms with Crippen molar-refractivity contribution in [2.45, 2.75) is 18.8 Å². The molecule has 0 amide bonds. The number of benzene rings is 1. The van der Waals surface area contributed by atoms with Crippen LogP contribution in [0.5, 0.6) is 0 Å². The number of hydrogen-bond donors (Lipinski definition) is 0. The van der Waals surface area contributed by atoms with E-state index in [0.717, 1.165) is 12.8 Å². The van der Waals surface area contributed by atoms with Gasteiger partial charge in [0.2, 0.25) is 0 Å². The van der Waals surface area contributed by atoms with Crippen LogP contribution in [0.2, 0.25) is 0 Å². The van der Waals surface area contributed by atoms with Gasteiger partial charge in [0.1, 0.15) is 11.6 Å². The van der Waals surface area contributed by atoms with Crippen LogP contribution in [-0.4, -0.2) is 0 Å². The third-order valence-electron chi connectivity index (χ3n) is 2.03. The summed E-state index contributed by atoms with van der Waals surface area (Å²) in [6.45, 7) is 0. The average molecular weight is 233 g/mol. The number of rotatable bonds is 1. The van der Waals surface area contributed by atoms with Crippen molar-refractivity contribution in [2.75, 3.05) is 0 Å². The topological polar surface area (TPSA) is 0 Å². The van der Waals surface area contributed by atoms with Crippen molar-refractivity contribution < 1.29 is 8.78 Å². The number of halogens is 3. The van der Waals surface area contributed by atoms with Gasteiger partial charge in [-0.05, 0) is 30.9 Å². The Balaban J connectivity index is 2.51. The molecule has 0 atom stereocenters. The zero-order valence-electron chi connectivity index (χ0n) is 6.28. The fourth-order valence-corrected chi connectivity index (χ4v) is 1.72. The van der Waals surface area contributed by atoms with Crippen LogP contribution in [-0.2, 0) is 0 Å². The lowest BCUT2D eigenvalue weighted by Gasteiger charge is -2.02. The molecule has 2 rings (SSSR count). The van der Waals surface area contributed by atoms with Gasteiger partial charge in [-0.25, -0.2) is 8.78 Å². The second-order valence-electron chi connectivity index (χ2n) is 3.06. The lowest BCUT2D eigenvalue weighted by atomic mass is 10.1. The standard InChI is InChI=1S/C9H7BrF2/c10-6-3-7(11)9(5-1-2-5)8(12)4-6/h3-5H,1-2H2. The van der Waals surface area contributed by atoms with Crippen molar-refractivity contribution in [3.8, 4) is 0 Å². The first-order chi connectivity index (χ1) is 5.68. The van der Waals surface area contributed by atoms with E-state index in [0.29, 0.717) is 4.47 Å². The normalized spacial score (nSPS) is 16.6. The molecule has 0 aliphatic heterocycles. The number of hydrogen-bond acceptors (Lipinski definition) is 0. The summed E-state index contributed by atoms with van der Waals surface area (Å²) >= 11 is 3.04. The Labute approximate surface area is 77.7 Å². The van der Waals surface area contributed by atoms with Crippen molar-refractivity contribution in [1.29, 1.82) is 0 Å². The van der Waals surface area contributed by atoms with Gasteiger partial charge in [-0.2, -0.15) is 0 Å². The van der Waals surface area contributed by atoms with Crippen LogP contribution in [0.3, 0.4) is 0 Å². The lowest BCUT2D eigenvalue weighted by molar-refractivity contribution is 0.555.